The second-order valence-corrected chi connectivity index (χ2v) is 5.77. The third kappa shape index (κ3) is 4.81. The molecule has 1 N–H and O–H groups in total. The van der Waals surface area contributed by atoms with Gasteiger partial charge < -0.3 is 15.1 Å². The van der Waals surface area contributed by atoms with Gasteiger partial charge in [-0.25, -0.2) is 0 Å². The van der Waals surface area contributed by atoms with E-state index in [0.717, 1.165) is 32.4 Å². The minimum Gasteiger partial charge on any atom is -0.341 e. The van der Waals surface area contributed by atoms with Crippen molar-refractivity contribution in [2.75, 3.05) is 29.9 Å². The van der Waals surface area contributed by atoms with Crippen molar-refractivity contribution in [2.24, 2.45) is 0 Å². The van der Waals surface area contributed by atoms with Gasteiger partial charge in [-0.2, -0.15) is 0 Å². The Morgan fingerprint density at radius 3 is 2.17 bits per heavy atom. The van der Waals surface area contributed by atoms with Crippen molar-refractivity contribution in [3.05, 3.63) is 24.3 Å². The van der Waals surface area contributed by atoms with Crippen LogP contribution in [0.2, 0.25) is 0 Å². The Morgan fingerprint density at radius 1 is 1.04 bits per heavy atom. The molecule has 124 valence electrons. The number of benzene rings is 1. The van der Waals surface area contributed by atoms with Crippen LogP contribution in [0.1, 0.15) is 33.1 Å². The van der Waals surface area contributed by atoms with E-state index < -0.39 is 0 Å². The van der Waals surface area contributed by atoms with E-state index in [4.69, 9.17) is 0 Å². The Kier molecular flexibility index (Phi) is 5.73. The van der Waals surface area contributed by atoms with Crippen LogP contribution in [-0.4, -0.2) is 42.3 Å². The van der Waals surface area contributed by atoms with E-state index in [1.54, 1.807) is 24.3 Å². The van der Waals surface area contributed by atoms with Crippen LogP contribution in [0.25, 0.3) is 0 Å². The number of amides is 3. The van der Waals surface area contributed by atoms with Crippen molar-refractivity contribution in [3.63, 3.8) is 0 Å². The molecule has 0 saturated carbocycles. The van der Waals surface area contributed by atoms with E-state index in [-0.39, 0.29) is 24.3 Å². The number of hydrogen-bond acceptors (Lipinski definition) is 3. The van der Waals surface area contributed by atoms with Crippen molar-refractivity contribution < 1.29 is 14.4 Å². The number of anilines is 2. The fourth-order valence-corrected chi connectivity index (χ4v) is 2.69. The van der Waals surface area contributed by atoms with E-state index in [1.165, 1.54) is 18.7 Å². The lowest BCUT2D eigenvalue weighted by molar-refractivity contribution is -0.132. The van der Waals surface area contributed by atoms with Crippen LogP contribution in [0.5, 0.6) is 0 Å². The Hall–Kier alpha value is -2.37. The minimum absolute atomic E-state index is 0.0224. The molecule has 3 amide bonds. The molecule has 1 aromatic rings. The van der Waals surface area contributed by atoms with Crippen molar-refractivity contribution >= 4 is 29.1 Å². The Balaban J connectivity index is 2.06. The summed E-state index contributed by atoms with van der Waals surface area (Å²) in [5.74, 6) is -0.352. The fourth-order valence-electron chi connectivity index (χ4n) is 2.69. The highest BCUT2D eigenvalue weighted by Crippen LogP contribution is 2.19. The lowest BCUT2D eigenvalue weighted by atomic mass is 10.1. The molecule has 23 heavy (non-hydrogen) atoms. The molecule has 1 fully saturated rings. The van der Waals surface area contributed by atoms with Gasteiger partial charge in [0.2, 0.25) is 17.7 Å². The lowest BCUT2D eigenvalue weighted by Crippen LogP contribution is -2.44. The van der Waals surface area contributed by atoms with E-state index in [2.05, 4.69) is 5.32 Å². The monoisotopic (exact) mass is 317 g/mol. The number of hydrogen-bond donors (Lipinski definition) is 1. The summed E-state index contributed by atoms with van der Waals surface area (Å²) in [7, 11) is 0. The predicted molar refractivity (Wildman–Crippen MR) is 89.2 cm³/mol. The van der Waals surface area contributed by atoms with Crippen molar-refractivity contribution in [1.29, 1.82) is 0 Å². The molecular formula is C17H23N3O3. The minimum atomic E-state index is -0.178. The van der Waals surface area contributed by atoms with Crippen LogP contribution in [-0.2, 0) is 14.4 Å². The Labute approximate surface area is 136 Å². The normalized spacial score (nSPS) is 14.3. The highest BCUT2D eigenvalue weighted by Gasteiger charge is 2.21. The third-order valence-electron chi connectivity index (χ3n) is 3.88. The summed E-state index contributed by atoms with van der Waals surface area (Å²) in [6.45, 7) is 4.48. The first-order valence-corrected chi connectivity index (χ1v) is 7.91. The van der Waals surface area contributed by atoms with E-state index in [0.29, 0.717) is 11.4 Å². The highest BCUT2D eigenvalue weighted by molar-refractivity contribution is 5.98. The number of carbonyl (C=O) groups excluding carboxylic acids is 3. The van der Waals surface area contributed by atoms with Crippen LogP contribution in [0.4, 0.5) is 11.4 Å². The highest BCUT2D eigenvalue weighted by atomic mass is 16.2. The second kappa shape index (κ2) is 7.76. The van der Waals surface area contributed by atoms with Crippen LogP contribution in [0.3, 0.4) is 0 Å². The first-order chi connectivity index (χ1) is 11.0. The van der Waals surface area contributed by atoms with Crippen molar-refractivity contribution in [1.82, 2.24) is 4.90 Å². The molecule has 1 aromatic carbocycles. The first kappa shape index (κ1) is 17.0. The zero-order chi connectivity index (χ0) is 16.8. The number of piperidine rings is 1. The van der Waals surface area contributed by atoms with Crippen LogP contribution < -0.4 is 10.2 Å². The van der Waals surface area contributed by atoms with Gasteiger partial charge in [-0.15, -0.1) is 0 Å². The van der Waals surface area contributed by atoms with E-state index >= 15 is 0 Å². The largest absolute Gasteiger partial charge is 0.341 e. The summed E-state index contributed by atoms with van der Waals surface area (Å²) in [6.07, 6.45) is 3.21. The SMILES string of the molecule is CC(=O)Nc1ccc(N(CC(=O)N2CCCCC2)C(C)=O)cc1. The molecule has 2 rings (SSSR count). The molecule has 0 aliphatic carbocycles. The maximum Gasteiger partial charge on any atom is 0.242 e. The predicted octanol–water partition coefficient (Wildman–Crippen LogP) is 2.01. The van der Waals surface area contributed by atoms with Crippen molar-refractivity contribution in [3.8, 4) is 0 Å². The number of likely N-dealkylation sites (tertiary alicyclic amines) is 1. The average molecular weight is 317 g/mol. The molecular weight excluding hydrogens is 294 g/mol. The van der Waals surface area contributed by atoms with Crippen molar-refractivity contribution in [2.45, 2.75) is 33.1 Å². The summed E-state index contributed by atoms with van der Waals surface area (Å²) < 4.78 is 0. The van der Waals surface area contributed by atoms with Gasteiger partial charge in [-0.1, -0.05) is 0 Å². The van der Waals surface area contributed by atoms with E-state index in [9.17, 15) is 14.4 Å². The van der Waals surface area contributed by atoms with Crippen LogP contribution in [0.15, 0.2) is 24.3 Å². The molecule has 1 saturated heterocycles. The molecule has 6 nitrogen and oxygen atoms in total. The molecule has 1 aliphatic rings. The number of carbonyl (C=O) groups is 3. The molecule has 1 heterocycles. The van der Waals surface area contributed by atoms with Gasteiger partial charge in [0.05, 0.1) is 0 Å². The third-order valence-corrected chi connectivity index (χ3v) is 3.88. The molecule has 0 aromatic heterocycles. The Bertz CT molecular complexity index is 577. The smallest absolute Gasteiger partial charge is 0.242 e. The summed E-state index contributed by atoms with van der Waals surface area (Å²) in [5.41, 5.74) is 1.31. The zero-order valence-electron chi connectivity index (χ0n) is 13.7. The van der Waals surface area contributed by atoms with Gasteiger partial charge in [-0.05, 0) is 43.5 Å². The number of nitrogens with zero attached hydrogens (tertiary/aromatic N) is 2. The lowest BCUT2D eigenvalue weighted by Gasteiger charge is -2.29. The molecule has 0 atom stereocenters. The summed E-state index contributed by atoms with van der Waals surface area (Å²) in [5, 5.41) is 2.68. The molecule has 0 radical (unpaired) electrons. The van der Waals surface area contributed by atoms with Gasteiger partial charge in [0.1, 0.15) is 6.54 Å². The molecule has 0 unspecified atom stereocenters. The maximum atomic E-state index is 12.4. The van der Waals surface area contributed by atoms with Crippen LogP contribution in [0, 0.1) is 0 Å². The number of nitrogens with one attached hydrogen (secondary N) is 1. The van der Waals surface area contributed by atoms with Gasteiger partial charge in [0.25, 0.3) is 0 Å². The quantitative estimate of drug-likeness (QED) is 0.923. The molecule has 0 spiro atoms. The van der Waals surface area contributed by atoms with E-state index in [1.807, 2.05) is 4.90 Å². The summed E-state index contributed by atoms with van der Waals surface area (Å²) in [6, 6.07) is 6.91. The maximum absolute atomic E-state index is 12.4. The fraction of sp³-hybridized carbons (Fsp3) is 0.471. The van der Waals surface area contributed by atoms with Gasteiger partial charge in [0.15, 0.2) is 0 Å². The van der Waals surface area contributed by atoms with Crippen LogP contribution >= 0.6 is 0 Å². The molecule has 6 heteroatoms. The average Bonchev–Trinajstić information content (AvgIpc) is 2.53. The van der Waals surface area contributed by atoms with Gasteiger partial charge in [0, 0.05) is 38.3 Å². The standard InChI is InChI=1S/C17H23N3O3/c1-13(21)18-15-6-8-16(9-7-15)20(14(2)22)12-17(23)19-10-4-3-5-11-19/h6-9H,3-5,10-12H2,1-2H3,(H,18,21). The zero-order valence-corrected chi connectivity index (χ0v) is 13.7. The van der Waals surface area contributed by atoms with Gasteiger partial charge in [-0.3, -0.25) is 14.4 Å². The number of rotatable bonds is 4. The van der Waals surface area contributed by atoms with Gasteiger partial charge >= 0.3 is 0 Å². The molecule has 0 bridgehead atoms. The Morgan fingerprint density at radius 2 is 1.65 bits per heavy atom. The molecule has 1 aliphatic heterocycles. The summed E-state index contributed by atoms with van der Waals surface area (Å²) in [4.78, 5) is 38.6. The second-order valence-electron chi connectivity index (χ2n) is 5.77. The summed E-state index contributed by atoms with van der Waals surface area (Å²) >= 11 is 0. The first-order valence-electron chi connectivity index (χ1n) is 7.91. The topological polar surface area (TPSA) is 69.7 Å².